The van der Waals surface area contributed by atoms with E-state index in [1.165, 1.54) is 11.3 Å². The lowest BCUT2D eigenvalue weighted by Crippen LogP contribution is -2.56. The number of urea groups is 1. The van der Waals surface area contributed by atoms with Crippen LogP contribution in [0.2, 0.25) is 0 Å². The van der Waals surface area contributed by atoms with Crippen LogP contribution in [0.4, 0.5) is 4.79 Å². The van der Waals surface area contributed by atoms with Gasteiger partial charge in [0.15, 0.2) is 0 Å². The number of hydrogen-bond acceptors (Lipinski definition) is 2. The van der Waals surface area contributed by atoms with Crippen LogP contribution in [0.25, 0.3) is 0 Å². The highest BCUT2D eigenvalue weighted by Crippen LogP contribution is 2.30. The Labute approximate surface area is 120 Å². The topological polar surface area (TPSA) is 69.6 Å². The van der Waals surface area contributed by atoms with Crippen LogP contribution >= 0.6 is 0 Å². The minimum atomic E-state index is -1.04. The van der Waals surface area contributed by atoms with Crippen molar-refractivity contribution < 1.29 is 14.7 Å². The standard InChI is InChI=1S/C15H26N2O3/c1-3-11-6-4-7-12(10-11)16-14(20)17-9-5-8-15(17,2)13(18)19/h11-12H,3-10H2,1-2H3,(H,16,20)(H,18,19). The number of carboxylic acid groups (broad SMARTS) is 1. The Morgan fingerprint density at radius 3 is 2.75 bits per heavy atom. The number of carboxylic acids is 1. The monoisotopic (exact) mass is 282 g/mol. The van der Waals surface area contributed by atoms with Crippen molar-refractivity contribution in [2.45, 2.75) is 70.4 Å². The summed E-state index contributed by atoms with van der Waals surface area (Å²) in [7, 11) is 0. The number of rotatable bonds is 3. The van der Waals surface area contributed by atoms with Crippen LogP contribution in [0.5, 0.6) is 0 Å². The molecule has 114 valence electrons. The van der Waals surface area contributed by atoms with Gasteiger partial charge in [0.05, 0.1) is 0 Å². The van der Waals surface area contributed by atoms with E-state index in [-0.39, 0.29) is 12.1 Å². The molecular weight excluding hydrogens is 256 g/mol. The molecule has 1 saturated carbocycles. The average Bonchev–Trinajstić information content (AvgIpc) is 2.82. The van der Waals surface area contributed by atoms with Gasteiger partial charge in [0.1, 0.15) is 5.54 Å². The second kappa shape index (κ2) is 6.02. The van der Waals surface area contributed by atoms with E-state index in [9.17, 15) is 14.7 Å². The first kappa shape index (κ1) is 15.1. The summed E-state index contributed by atoms with van der Waals surface area (Å²) in [6, 6.07) is 0.00833. The van der Waals surface area contributed by atoms with Gasteiger partial charge < -0.3 is 15.3 Å². The fraction of sp³-hybridized carbons (Fsp3) is 0.867. The second-order valence-corrected chi connectivity index (χ2v) is 6.42. The molecule has 0 aromatic heterocycles. The number of nitrogens with zero attached hydrogens (tertiary/aromatic N) is 1. The van der Waals surface area contributed by atoms with Crippen LogP contribution in [0.1, 0.15) is 58.8 Å². The number of aliphatic carboxylic acids is 1. The smallest absolute Gasteiger partial charge is 0.329 e. The van der Waals surface area contributed by atoms with Crippen molar-refractivity contribution in [1.29, 1.82) is 0 Å². The number of nitrogens with one attached hydrogen (secondary N) is 1. The third-order valence-corrected chi connectivity index (χ3v) is 5.03. The zero-order valence-electron chi connectivity index (χ0n) is 12.5. The predicted molar refractivity (Wildman–Crippen MR) is 76.5 cm³/mol. The molecule has 3 atom stereocenters. The van der Waals surface area contributed by atoms with Gasteiger partial charge in [-0.15, -0.1) is 0 Å². The summed E-state index contributed by atoms with van der Waals surface area (Å²) in [5.74, 6) is -0.210. The van der Waals surface area contributed by atoms with Gasteiger partial charge in [0, 0.05) is 12.6 Å². The van der Waals surface area contributed by atoms with Crippen LogP contribution in [0, 0.1) is 5.92 Å². The van der Waals surface area contributed by atoms with Crippen molar-refractivity contribution in [3.8, 4) is 0 Å². The molecule has 2 fully saturated rings. The molecule has 3 unspecified atom stereocenters. The maximum atomic E-state index is 12.4. The van der Waals surface area contributed by atoms with Crippen LogP contribution in [0.3, 0.4) is 0 Å². The number of likely N-dealkylation sites (tertiary alicyclic amines) is 1. The summed E-state index contributed by atoms with van der Waals surface area (Å²) >= 11 is 0. The van der Waals surface area contributed by atoms with Gasteiger partial charge in [-0.25, -0.2) is 9.59 Å². The highest BCUT2D eigenvalue weighted by Gasteiger charge is 2.46. The molecular formula is C15H26N2O3. The molecule has 2 N–H and O–H groups in total. The molecule has 0 aromatic rings. The molecule has 0 spiro atoms. The Bertz CT molecular complexity index is 385. The molecule has 0 aromatic carbocycles. The fourth-order valence-electron chi connectivity index (χ4n) is 3.56. The number of carbonyl (C=O) groups excluding carboxylic acids is 1. The zero-order valence-corrected chi connectivity index (χ0v) is 12.5. The largest absolute Gasteiger partial charge is 0.480 e. The summed E-state index contributed by atoms with van der Waals surface area (Å²) in [5.41, 5.74) is -1.04. The Morgan fingerprint density at radius 1 is 1.35 bits per heavy atom. The predicted octanol–water partition coefficient (Wildman–Crippen LogP) is 2.60. The minimum absolute atomic E-state index is 0.200. The molecule has 1 aliphatic carbocycles. The fourth-order valence-corrected chi connectivity index (χ4v) is 3.56. The van der Waals surface area contributed by atoms with E-state index in [1.54, 1.807) is 6.92 Å². The Morgan fingerprint density at radius 2 is 2.10 bits per heavy atom. The van der Waals surface area contributed by atoms with Gasteiger partial charge in [-0.1, -0.05) is 26.2 Å². The first-order chi connectivity index (χ1) is 9.47. The Balaban J connectivity index is 1.96. The number of carbonyl (C=O) groups is 2. The highest BCUT2D eigenvalue weighted by molar-refractivity contribution is 5.86. The lowest BCUT2D eigenvalue weighted by atomic mass is 9.84. The van der Waals surface area contributed by atoms with Gasteiger partial charge in [-0.05, 0) is 38.5 Å². The van der Waals surface area contributed by atoms with E-state index in [2.05, 4.69) is 12.2 Å². The van der Waals surface area contributed by atoms with Crippen molar-refractivity contribution in [1.82, 2.24) is 10.2 Å². The van der Waals surface area contributed by atoms with E-state index < -0.39 is 11.5 Å². The van der Waals surface area contributed by atoms with Crippen LogP contribution in [0.15, 0.2) is 0 Å². The molecule has 1 aliphatic heterocycles. The summed E-state index contributed by atoms with van der Waals surface area (Å²) < 4.78 is 0. The first-order valence-corrected chi connectivity index (χ1v) is 7.79. The van der Waals surface area contributed by atoms with E-state index >= 15 is 0 Å². The second-order valence-electron chi connectivity index (χ2n) is 6.42. The molecule has 0 bridgehead atoms. The third-order valence-electron chi connectivity index (χ3n) is 5.03. The van der Waals surface area contributed by atoms with Gasteiger partial charge >= 0.3 is 12.0 Å². The highest BCUT2D eigenvalue weighted by atomic mass is 16.4. The molecule has 2 amide bonds. The van der Waals surface area contributed by atoms with Gasteiger partial charge in [-0.3, -0.25) is 0 Å². The number of amides is 2. The molecule has 0 radical (unpaired) electrons. The molecule has 1 saturated heterocycles. The van der Waals surface area contributed by atoms with E-state index in [4.69, 9.17) is 0 Å². The van der Waals surface area contributed by atoms with Crippen molar-refractivity contribution in [2.24, 2.45) is 5.92 Å². The minimum Gasteiger partial charge on any atom is -0.480 e. The Hall–Kier alpha value is -1.26. The number of hydrogen-bond donors (Lipinski definition) is 2. The van der Waals surface area contributed by atoms with Crippen molar-refractivity contribution >= 4 is 12.0 Å². The molecule has 5 nitrogen and oxygen atoms in total. The van der Waals surface area contributed by atoms with E-state index in [0.717, 1.165) is 32.1 Å². The normalized spacial score (nSPS) is 34.0. The molecule has 20 heavy (non-hydrogen) atoms. The summed E-state index contributed by atoms with van der Waals surface area (Å²) in [6.07, 6.45) is 6.90. The zero-order chi connectivity index (χ0) is 14.8. The van der Waals surface area contributed by atoms with Gasteiger partial charge in [-0.2, -0.15) is 0 Å². The quantitative estimate of drug-likeness (QED) is 0.836. The van der Waals surface area contributed by atoms with Crippen molar-refractivity contribution in [3.05, 3.63) is 0 Å². The lowest BCUT2D eigenvalue weighted by molar-refractivity contribution is -0.147. The molecule has 2 rings (SSSR count). The van der Waals surface area contributed by atoms with Crippen LogP contribution in [-0.4, -0.2) is 40.1 Å². The molecule has 1 heterocycles. The van der Waals surface area contributed by atoms with Gasteiger partial charge in [0.25, 0.3) is 0 Å². The van der Waals surface area contributed by atoms with Crippen molar-refractivity contribution in [2.75, 3.05) is 6.54 Å². The average molecular weight is 282 g/mol. The van der Waals surface area contributed by atoms with Crippen molar-refractivity contribution in [3.63, 3.8) is 0 Å². The Kier molecular flexibility index (Phi) is 4.55. The van der Waals surface area contributed by atoms with Crippen LogP contribution < -0.4 is 5.32 Å². The van der Waals surface area contributed by atoms with Gasteiger partial charge in [0.2, 0.25) is 0 Å². The lowest BCUT2D eigenvalue weighted by Gasteiger charge is -2.35. The summed E-state index contributed by atoms with van der Waals surface area (Å²) in [4.78, 5) is 25.3. The maximum Gasteiger partial charge on any atom is 0.329 e. The first-order valence-electron chi connectivity index (χ1n) is 7.79. The summed E-state index contributed by atoms with van der Waals surface area (Å²) in [6.45, 7) is 4.38. The summed E-state index contributed by atoms with van der Waals surface area (Å²) in [5, 5.41) is 12.4. The van der Waals surface area contributed by atoms with Crippen LogP contribution in [-0.2, 0) is 4.79 Å². The molecule has 5 heteroatoms. The van der Waals surface area contributed by atoms with E-state index in [0.29, 0.717) is 18.9 Å². The molecule has 2 aliphatic rings. The SMILES string of the molecule is CCC1CCCC(NC(=O)N2CCCC2(C)C(=O)O)C1. The maximum absolute atomic E-state index is 12.4. The third kappa shape index (κ3) is 2.91. The van der Waals surface area contributed by atoms with E-state index in [1.807, 2.05) is 0 Å².